The highest BCUT2D eigenvalue weighted by Gasteiger charge is 2.12. The Balaban J connectivity index is 2.63. The zero-order chi connectivity index (χ0) is 11.0. The fourth-order valence-corrected chi connectivity index (χ4v) is 1.36. The molecule has 0 aliphatic heterocycles. The second kappa shape index (κ2) is 3.34. The number of nitrogens with zero attached hydrogens (tertiary/aromatic N) is 2. The van der Waals surface area contributed by atoms with Gasteiger partial charge in [0, 0.05) is 18.2 Å². The molecule has 0 aliphatic carbocycles. The molecule has 1 heterocycles. The fourth-order valence-electron chi connectivity index (χ4n) is 1.36. The van der Waals surface area contributed by atoms with Gasteiger partial charge in [-0.05, 0) is 18.2 Å². The van der Waals surface area contributed by atoms with Crippen LogP contribution in [0.25, 0.3) is 11.1 Å². The van der Waals surface area contributed by atoms with E-state index >= 15 is 0 Å². The minimum absolute atomic E-state index is 0.126. The van der Waals surface area contributed by atoms with Crippen molar-refractivity contribution >= 4 is 5.82 Å². The molecule has 1 aromatic heterocycles. The van der Waals surface area contributed by atoms with Crippen LogP contribution < -0.4 is 5.73 Å². The van der Waals surface area contributed by atoms with Gasteiger partial charge >= 0.3 is 0 Å². The number of aryl methyl sites for hydroxylation is 1. The summed E-state index contributed by atoms with van der Waals surface area (Å²) in [6.45, 7) is 0. The second-order valence-corrected chi connectivity index (χ2v) is 3.19. The average molecular weight is 209 g/mol. The maximum Gasteiger partial charge on any atom is 0.131 e. The highest BCUT2D eigenvalue weighted by atomic mass is 19.1. The van der Waals surface area contributed by atoms with Crippen LogP contribution in [0.15, 0.2) is 24.4 Å². The van der Waals surface area contributed by atoms with Gasteiger partial charge in [0.05, 0.1) is 6.20 Å². The molecule has 2 aromatic rings. The van der Waals surface area contributed by atoms with E-state index < -0.39 is 11.6 Å². The third-order valence-corrected chi connectivity index (χ3v) is 2.20. The van der Waals surface area contributed by atoms with Crippen molar-refractivity contribution in [1.82, 2.24) is 9.78 Å². The largest absolute Gasteiger partial charge is 0.383 e. The topological polar surface area (TPSA) is 43.8 Å². The second-order valence-electron chi connectivity index (χ2n) is 3.19. The summed E-state index contributed by atoms with van der Waals surface area (Å²) in [5, 5.41) is 3.87. The van der Waals surface area contributed by atoms with Gasteiger partial charge in [0.15, 0.2) is 0 Å². The lowest BCUT2D eigenvalue weighted by Gasteiger charge is -2.02. The van der Waals surface area contributed by atoms with Crippen molar-refractivity contribution in [2.45, 2.75) is 0 Å². The van der Waals surface area contributed by atoms with E-state index in [1.807, 2.05) is 0 Å². The van der Waals surface area contributed by atoms with Crippen LogP contribution in [0.5, 0.6) is 0 Å². The molecular weight excluding hydrogens is 200 g/mol. The van der Waals surface area contributed by atoms with E-state index in [-0.39, 0.29) is 5.56 Å². The van der Waals surface area contributed by atoms with Gasteiger partial charge < -0.3 is 5.73 Å². The summed E-state index contributed by atoms with van der Waals surface area (Å²) in [6.07, 6.45) is 1.41. The SMILES string of the molecule is Cn1ncc(-c2cc(F)ccc2F)c1N. The molecule has 0 saturated carbocycles. The molecular formula is C10H9F2N3. The molecule has 78 valence electrons. The van der Waals surface area contributed by atoms with Crippen LogP contribution in [-0.4, -0.2) is 9.78 Å². The molecule has 0 aliphatic rings. The van der Waals surface area contributed by atoms with E-state index in [0.29, 0.717) is 11.4 Å². The summed E-state index contributed by atoms with van der Waals surface area (Å²) in [6, 6.07) is 3.23. The van der Waals surface area contributed by atoms with Gasteiger partial charge in [-0.1, -0.05) is 0 Å². The first-order valence-corrected chi connectivity index (χ1v) is 4.32. The molecule has 0 radical (unpaired) electrons. The summed E-state index contributed by atoms with van der Waals surface area (Å²) in [4.78, 5) is 0. The molecule has 1 aromatic carbocycles. The number of halogens is 2. The molecule has 0 spiro atoms. The van der Waals surface area contributed by atoms with Crippen molar-refractivity contribution in [3.05, 3.63) is 36.0 Å². The molecule has 0 amide bonds. The van der Waals surface area contributed by atoms with Crippen LogP contribution in [0.2, 0.25) is 0 Å². The predicted octanol–water partition coefficient (Wildman–Crippen LogP) is 1.95. The van der Waals surface area contributed by atoms with Crippen LogP contribution >= 0.6 is 0 Å². The first-order valence-electron chi connectivity index (χ1n) is 4.32. The van der Waals surface area contributed by atoms with Gasteiger partial charge in [-0.2, -0.15) is 5.10 Å². The first kappa shape index (κ1) is 9.64. The van der Waals surface area contributed by atoms with Crippen molar-refractivity contribution in [1.29, 1.82) is 0 Å². The van der Waals surface area contributed by atoms with Crippen molar-refractivity contribution in [2.24, 2.45) is 7.05 Å². The Morgan fingerprint density at radius 3 is 2.60 bits per heavy atom. The molecule has 5 heteroatoms. The molecule has 0 unspecified atom stereocenters. The number of aromatic nitrogens is 2. The number of nitrogens with two attached hydrogens (primary N) is 1. The van der Waals surface area contributed by atoms with Crippen LogP contribution in [-0.2, 0) is 7.05 Å². The smallest absolute Gasteiger partial charge is 0.131 e. The standard InChI is InChI=1S/C10H9F2N3/c1-15-10(13)8(5-14-15)7-4-6(11)2-3-9(7)12/h2-5H,13H2,1H3. The number of benzene rings is 1. The van der Waals surface area contributed by atoms with Crippen LogP contribution in [0.4, 0.5) is 14.6 Å². The Kier molecular flexibility index (Phi) is 2.15. The van der Waals surface area contributed by atoms with E-state index in [1.54, 1.807) is 7.05 Å². The maximum atomic E-state index is 13.4. The molecule has 0 bridgehead atoms. The lowest BCUT2D eigenvalue weighted by atomic mass is 10.1. The van der Waals surface area contributed by atoms with Gasteiger partial charge in [0.25, 0.3) is 0 Å². The van der Waals surface area contributed by atoms with E-state index in [2.05, 4.69) is 5.10 Å². The number of hydrogen-bond donors (Lipinski definition) is 1. The summed E-state index contributed by atoms with van der Waals surface area (Å²) >= 11 is 0. The number of rotatable bonds is 1. The average Bonchev–Trinajstić information content (AvgIpc) is 2.52. The van der Waals surface area contributed by atoms with Crippen molar-refractivity contribution in [2.75, 3.05) is 5.73 Å². The van der Waals surface area contributed by atoms with Crippen molar-refractivity contribution in [3.8, 4) is 11.1 Å². The Morgan fingerprint density at radius 1 is 1.27 bits per heavy atom. The normalized spacial score (nSPS) is 10.6. The third kappa shape index (κ3) is 1.56. The van der Waals surface area contributed by atoms with E-state index in [0.717, 1.165) is 18.2 Å². The highest BCUT2D eigenvalue weighted by molar-refractivity contribution is 5.73. The van der Waals surface area contributed by atoms with E-state index in [9.17, 15) is 8.78 Å². The van der Waals surface area contributed by atoms with Gasteiger partial charge in [-0.25, -0.2) is 8.78 Å². The predicted molar refractivity (Wildman–Crippen MR) is 53.0 cm³/mol. The summed E-state index contributed by atoms with van der Waals surface area (Å²) in [5.74, 6) is -0.717. The number of anilines is 1. The molecule has 2 N–H and O–H groups in total. The fraction of sp³-hybridized carbons (Fsp3) is 0.100. The Labute approximate surface area is 85.1 Å². The monoisotopic (exact) mass is 209 g/mol. The first-order chi connectivity index (χ1) is 7.09. The highest BCUT2D eigenvalue weighted by Crippen LogP contribution is 2.27. The summed E-state index contributed by atoms with van der Waals surface area (Å²) < 4.78 is 27.7. The lowest BCUT2D eigenvalue weighted by molar-refractivity contribution is 0.603. The molecule has 2 rings (SSSR count). The number of hydrogen-bond acceptors (Lipinski definition) is 2. The van der Waals surface area contributed by atoms with Crippen LogP contribution in [0.1, 0.15) is 0 Å². The number of nitrogen functional groups attached to an aromatic ring is 1. The van der Waals surface area contributed by atoms with Crippen molar-refractivity contribution in [3.63, 3.8) is 0 Å². The lowest BCUT2D eigenvalue weighted by Crippen LogP contribution is -1.98. The van der Waals surface area contributed by atoms with Crippen LogP contribution in [0, 0.1) is 11.6 Å². The maximum absolute atomic E-state index is 13.4. The zero-order valence-corrected chi connectivity index (χ0v) is 8.04. The molecule has 3 nitrogen and oxygen atoms in total. The van der Waals surface area contributed by atoms with Crippen LogP contribution in [0.3, 0.4) is 0 Å². The van der Waals surface area contributed by atoms with E-state index in [1.165, 1.54) is 10.9 Å². The van der Waals surface area contributed by atoms with Gasteiger partial charge in [-0.15, -0.1) is 0 Å². The third-order valence-electron chi connectivity index (χ3n) is 2.20. The Hall–Kier alpha value is -1.91. The van der Waals surface area contributed by atoms with Gasteiger partial charge in [-0.3, -0.25) is 4.68 Å². The minimum atomic E-state index is -0.517. The molecule has 15 heavy (non-hydrogen) atoms. The minimum Gasteiger partial charge on any atom is -0.383 e. The summed E-state index contributed by atoms with van der Waals surface area (Å²) in [7, 11) is 1.63. The molecule has 0 atom stereocenters. The van der Waals surface area contributed by atoms with Gasteiger partial charge in [0.2, 0.25) is 0 Å². The van der Waals surface area contributed by atoms with Gasteiger partial charge in [0.1, 0.15) is 17.5 Å². The van der Waals surface area contributed by atoms with Crippen molar-refractivity contribution < 1.29 is 8.78 Å². The Bertz CT molecular complexity index is 505. The van der Waals surface area contributed by atoms with E-state index in [4.69, 9.17) is 5.73 Å². The Morgan fingerprint density at radius 2 is 2.00 bits per heavy atom. The quantitative estimate of drug-likeness (QED) is 0.780. The molecule has 0 saturated heterocycles. The zero-order valence-electron chi connectivity index (χ0n) is 8.04. The summed E-state index contributed by atoms with van der Waals surface area (Å²) in [5.41, 5.74) is 6.19. The molecule has 0 fully saturated rings.